The van der Waals surface area contributed by atoms with Crippen LogP contribution in [0.1, 0.15) is 45.3 Å². The van der Waals surface area contributed by atoms with E-state index in [9.17, 15) is 0 Å². The molecule has 1 rings (SSSR count). The van der Waals surface area contributed by atoms with Gasteiger partial charge in [-0.25, -0.2) is 0 Å². The number of hydrogen-bond acceptors (Lipinski definition) is 3. The first-order chi connectivity index (χ1) is 7.91. The van der Waals surface area contributed by atoms with Gasteiger partial charge < -0.3 is 10.5 Å². The highest BCUT2D eigenvalue weighted by atomic mass is 79.9. The van der Waals surface area contributed by atoms with Crippen molar-refractivity contribution in [1.29, 1.82) is 0 Å². The Morgan fingerprint density at radius 1 is 1.59 bits per heavy atom. The van der Waals surface area contributed by atoms with Crippen molar-refractivity contribution in [1.82, 2.24) is 9.78 Å². The Morgan fingerprint density at radius 2 is 2.24 bits per heavy atom. The van der Waals surface area contributed by atoms with E-state index in [-0.39, 0.29) is 11.6 Å². The fraction of sp³-hybridized carbons (Fsp3) is 0.750. The van der Waals surface area contributed by atoms with Crippen LogP contribution in [0.3, 0.4) is 0 Å². The maximum atomic E-state index is 6.26. The quantitative estimate of drug-likeness (QED) is 0.879. The first-order valence-electron chi connectivity index (χ1n) is 5.93. The van der Waals surface area contributed by atoms with Gasteiger partial charge in [-0.05, 0) is 42.6 Å². The molecular weight excluding hydrogens is 282 g/mol. The summed E-state index contributed by atoms with van der Waals surface area (Å²) in [4.78, 5) is 0. The molecule has 1 heterocycles. The molecule has 98 valence electrons. The van der Waals surface area contributed by atoms with E-state index in [0.29, 0.717) is 0 Å². The lowest BCUT2D eigenvalue weighted by Crippen LogP contribution is -2.30. The van der Waals surface area contributed by atoms with Crippen LogP contribution in [0.5, 0.6) is 0 Å². The van der Waals surface area contributed by atoms with Crippen LogP contribution in [0.15, 0.2) is 10.7 Å². The molecule has 0 bridgehead atoms. The Balaban J connectivity index is 2.87. The smallest absolute Gasteiger partial charge is 0.0694 e. The number of aryl methyl sites for hydroxylation is 1. The molecule has 0 saturated carbocycles. The van der Waals surface area contributed by atoms with Gasteiger partial charge in [-0.2, -0.15) is 5.10 Å². The van der Waals surface area contributed by atoms with E-state index in [2.05, 4.69) is 28.0 Å². The van der Waals surface area contributed by atoms with Crippen LogP contribution in [0.25, 0.3) is 0 Å². The highest BCUT2D eigenvalue weighted by molar-refractivity contribution is 9.10. The molecule has 4 nitrogen and oxygen atoms in total. The lowest BCUT2D eigenvalue weighted by Gasteiger charge is -2.27. The van der Waals surface area contributed by atoms with Crippen molar-refractivity contribution in [2.45, 2.75) is 51.8 Å². The molecule has 0 spiro atoms. The van der Waals surface area contributed by atoms with Crippen molar-refractivity contribution in [3.05, 3.63) is 16.4 Å². The molecular formula is C12H22BrN3O. The Hall–Kier alpha value is -0.390. The summed E-state index contributed by atoms with van der Waals surface area (Å²) < 4.78 is 8.37. The predicted octanol–water partition coefficient (Wildman–Crippen LogP) is 2.87. The second-order valence-electron chi connectivity index (χ2n) is 4.88. The van der Waals surface area contributed by atoms with Crippen molar-refractivity contribution in [3.8, 4) is 0 Å². The Bertz CT molecular complexity index is 363. The maximum absolute atomic E-state index is 6.26. The third kappa shape index (κ3) is 3.79. The fourth-order valence-corrected chi connectivity index (χ4v) is 2.43. The zero-order valence-corrected chi connectivity index (χ0v) is 12.6. The van der Waals surface area contributed by atoms with Gasteiger partial charge in [0.1, 0.15) is 0 Å². The van der Waals surface area contributed by atoms with Gasteiger partial charge in [0.2, 0.25) is 0 Å². The summed E-state index contributed by atoms with van der Waals surface area (Å²) in [7, 11) is 1.71. The number of rotatable bonds is 6. The summed E-state index contributed by atoms with van der Waals surface area (Å²) in [6, 6.07) is -0.0756. The van der Waals surface area contributed by atoms with Crippen molar-refractivity contribution in [2.24, 2.45) is 5.73 Å². The molecule has 0 aliphatic carbocycles. The summed E-state index contributed by atoms with van der Waals surface area (Å²) in [5.74, 6) is 0. The molecule has 5 heteroatoms. The summed E-state index contributed by atoms with van der Waals surface area (Å²) in [6.07, 6.45) is 3.61. The summed E-state index contributed by atoms with van der Waals surface area (Å²) >= 11 is 3.51. The summed E-state index contributed by atoms with van der Waals surface area (Å²) in [6.45, 7) is 7.11. The molecule has 0 fully saturated rings. The fourth-order valence-electron chi connectivity index (χ4n) is 1.84. The number of hydrogen-bond donors (Lipinski definition) is 1. The molecule has 1 unspecified atom stereocenters. The number of aromatic nitrogens is 2. The summed E-state index contributed by atoms with van der Waals surface area (Å²) in [5, 5.41) is 4.33. The van der Waals surface area contributed by atoms with Crippen molar-refractivity contribution < 1.29 is 4.74 Å². The van der Waals surface area contributed by atoms with Gasteiger partial charge in [-0.3, -0.25) is 4.68 Å². The van der Waals surface area contributed by atoms with Gasteiger partial charge in [0.05, 0.1) is 28.0 Å². The van der Waals surface area contributed by atoms with E-state index in [0.717, 1.165) is 29.6 Å². The largest absolute Gasteiger partial charge is 0.379 e. The van der Waals surface area contributed by atoms with E-state index in [1.165, 1.54) is 0 Å². The third-order valence-corrected chi connectivity index (χ3v) is 3.49. The number of nitrogens with zero attached hydrogens (tertiary/aromatic N) is 2. The van der Waals surface area contributed by atoms with Gasteiger partial charge >= 0.3 is 0 Å². The Morgan fingerprint density at radius 3 is 2.76 bits per heavy atom. The molecule has 0 aliphatic heterocycles. The molecule has 2 N–H and O–H groups in total. The van der Waals surface area contributed by atoms with E-state index < -0.39 is 0 Å². The lowest BCUT2D eigenvalue weighted by atomic mass is 9.97. The van der Waals surface area contributed by atoms with E-state index in [4.69, 9.17) is 10.5 Å². The average Bonchev–Trinajstić information content (AvgIpc) is 2.60. The number of ether oxygens (including phenoxy) is 1. The van der Waals surface area contributed by atoms with Crippen molar-refractivity contribution in [2.75, 3.05) is 7.11 Å². The van der Waals surface area contributed by atoms with Gasteiger partial charge in [-0.15, -0.1) is 0 Å². The van der Waals surface area contributed by atoms with Crippen LogP contribution in [0.2, 0.25) is 0 Å². The van der Waals surface area contributed by atoms with Gasteiger partial charge in [0.25, 0.3) is 0 Å². The minimum Gasteiger partial charge on any atom is -0.379 e. The lowest BCUT2D eigenvalue weighted by molar-refractivity contribution is 0.00930. The molecule has 0 amide bonds. The Kier molecular flexibility index (Phi) is 5.16. The monoisotopic (exact) mass is 303 g/mol. The molecule has 17 heavy (non-hydrogen) atoms. The standard InChI is InChI=1S/C12H22BrN3O/c1-5-6-16-11(9(13)8-15-16)10(14)7-12(2,3)17-4/h8,10H,5-7,14H2,1-4H3. The van der Waals surface area contributed by atoms with Gasteiger partial charge in [-0.1, -0.05) is 6.92 Å². The van der Waals surface area contributed by atoms with Crippen LogP contribution in [0, 0.1) is 0 Å². The minimum atomic E-state index is -0.222. The van der Waals surface area contributed by atoms with Crippen LogP contribution in [-0.2, 0) is 11.3 Å². The average molecular weight is 304 g/mol. The van der Waals surface area contributed by atoms with Crippen LogP contribution >= 0.6 is 15.9 Å². The first kappa shape index (κ1) is 14.7. The summed E-state index contributed by atoms with van der Waals surface area (Å²) in [5.41, 5.74) is 7.09. The van der Waals surface area contributed by atoms with Gasteiger partial charge in [0.15, 0.2) is 0 Å². The zero-order chi connectivity index (χ0) is 13.1. The zero-order valence-electron chi connectivity index (χ0n) is 11.0. The predicted molar refractivity (Wildman–Crippen MR) is 72.9 cm³/mol. The van der Waals surface area contributed by atoms with E-state index >= 15 is 0 Å². The van der Waals surface area contributed by atoms with Crippen LogP contribution in [-0.4, -0.2) is 22.5 Å². The first-order valence-corrected chi connectivity index (χ1v) is 6.72. The molecule has 0 aromatic carbocycles. The van der Waals surface area contributed by atoms with E-state index in [1.807, 2.05) is 24.7 Å². The third-order valence-electron chi connectivity index (χ3n) is 2.88. The molecule has 1 aromatic heterocycles. The second kappa shape index (κ2) is 5.98. The molecule has 0 saturated heterocycles. The molecule has 0 aliphatic rings. The van der Waals surface area contributed by atoms with Crippen LogP contribution < -0.4 is 5.73 Å². The van der Waals surface area contributed by atoms with Crippen molar-refractivity contribution in [3.63, 3.8) is 0 Å². The maximum Gasteiger partial charge on any atom is 0.0694 e. The Labute approximate surface area is 112 Å². The highest BCUT2D eigenvalue weighted by Gasteiger charge is 2.25. The van der Waals surface area contributed by atoms with Gasteiger partial charge in [0, 0.05) is 13.7 Å². The van der Waals surface area contributed by atoms with Crippen molar-refractivity contribution >= 4 is 15.9 Å². The molecule has 0 radical (unpaired) electrons. The van der Waals surface area contributed by atoms with Crippen LogP contribution in [0.4, 0.5) is 0 Å². The minimum absolute atomic E-state index is 0.0756. The number of halogens is 1. The number of methoxy groups -OCH3 is 1. The molecule has 1 atom stereocenters. The van der Waals surface area contributed by atoms with E-state index in [1.54, 1.807) is 7.11 Å². The number of nitrogens with two attached hydrogens (primary N) is 1. The normalized spacial score (nSPS) is 14.0. The molecule has 1 aromatic rings. The SMILES string of the molecule is CCCn1ncc(Br)c1C(N)CC(C)(C)OC. The second-order valence-corrected chi connectivity index (χ2v) is 5.73. The highest BCUT2D eigenvalue weighted by Crippen LogP contribution is 2.29. The topological polar surface area (TPSA) is 53.1 Å².